The number of amides is 1. The third-order valence-electron chi connectivity index (χ3n) is 3.77. The van der Waals surface area contributed by atoms with Gasteiger partial charge >= 0.3 is 0 Å². The average Bonchev–Trinajstić information content (AvgIpc) is 2.64. The van der Waals surface area contributed by atoms with Crippen LogP contribution in [0.3, 0.4) is 0 Å². The van der Waals surface area contributed by atoms with Crippen molar-refractivity contribution in [2.45, 2.75) is 18.9 Å². The zero-order valence-corrected chi connectivity index (χ0v) is 17.4. The summed E-state index contributed by atoms with van der Waals surface area (Å²) >= 11 is 3.59. The van der Waals surface area contributed by atoms with E-state index < -0.39 is 5.44 Å². The molecule has 2 aromatic heterocycles. The molecule has 1 unspecified atom stereocenters. The third kappa shape index (κ3) is 4.64. The molecule has 2 heterocycles. The minimum atomic E-state index is -0.626. The maximum atomic E-state index is 12.5. The Kier molecular flexibility index (Phi) is 6.31. The topological polar surface area (TPSA) is 64.1 Å². The van der Waals surface area contributed by atoms with Crippen LogP contribution >= 0.6 is 34.4 Å². The van der Waals surface area contributed by atoms with Gasteiger partial charge in [-0.15, -0.1) is 11.8 Å². The van der Waals surface area contributed by atoms with Gasteiger partial charge in [0.1, 0.15) is 5.75 Å². The Balaban J connectivity index is 1.73. The summed E-state index contributed by atoms with van der Waals surface area (Å²) in [6, 6.07) is 9.66. The number of thioether (sulfide) groups is 1. The van der Waals surface area contributed by atoms with Gasteiger partial charge in [0.25, 0.3) is 5.91 Å². The number of ether oxygens (including phenoxy) is 1. The number of benzene rings is 1. The predicted octanol–water partition coefficient (Wildman–Crippen LogP) is 3.93. The van der Waals surface area contributed by atoms with Crippen molar-refractivity contribution in [2.24, 2.45) is 0 Å². The second-order valence-electron chi connectivity index (χ2n) is 5.73. The normalized spacial score (nSPS) is 12.0. The van der Waals surface area contributed by atoms with Crippen LogP contribution < -0.4 is 10.1 Å². The fourth-order valence-corrected chi connectivity index (χ4v) is 3.53. The zero-order chi connectivity index (χ0) is 18.5. The molecule has 0 aliphatic carbocycles. The molecule has 0 saturated heterocycles. The summed E-state index contributed by atoms with van der Waals surface area (Å²) < 4.78 is 7.01. The Hall–Kier alpha value is -1.87. The first kappa shape index (κ1) is 18.9. The van der Waals surface area contributed by atoms with Crippen LogP contribution in [0.15, 0.2) is 48.9 Å². The van der Waals surface area contributed by atoms with Crippen molar-refractivity contribution < 1.29 is 9.53 Å². The van der Waals surface area contributed by atoms with E-state index in [2.05, 4.69) is 43.9 Å². The van der Waals surface area contributed by atoms with Crippen LogP contribution in [0.25, 0.3) is 10.9 Å². The molecule has 0 radical (unpaired) electrons. The first-order chi connectivity index (χ1) is 12.6. The van der Waals surface area contributed by atoms with Gasteiger partial charge in [-0.2, -0.15) is 0 Å². The molecule has 1 aromatic carbocycles. The zero-order valence-electron chi connectivity index (χ0n) is 14.4. The minimum Gasteiger partial charge on any atom is -0.470 e. The van der Waals surface area contributed by atoms with E-state index in [0.29, 0.717) is 12.3 Å². The lowest BCUT2D eigenvalue weighted by atomic mass is 10.1. The lowest BCUT2D eigenvalue weighted by Crippen LogP contribution is -2.35. The van der Waals surface area contributed by atoms with Crippen molar-refractivity contribution in [3.05, 3.63) is 63.6 Å². The number of aryl methyl sites for hydroxylation is 1. The van der Waals surface area contributed by atoms with Crippen LogP contribution in [0.4, 0.5) is 0 Å². The molecule has 0 fully saturated rings. The highest BCUT2D eigenvalue weighted by Gasteiger charge is 2.19. The molecule has 1 N–H and O–H groups in total. The van der Waals surface area contributed by atoms with E-state index in [4.69, 9.17) is 4.74 Å². The molecule has 0 saturated carbocycles. The third-order valence-corrected chi connectivity index (χ3v) is 5.10. The SMILES string of the molecule is CSC(Oc1cc(C)c2ncc(I)cc2c1)C(=O)NCc1cccnc1. The maximum Gasteiger partial charge on any atom is 0.272 e. The van der Waals surface area contributed by atoms with Crippen LogP contribution in [0.2, 0.25) is 0 Å². The number of carbonyl (C=O) groups excluding carboxylic acids is 1. The molecule has 1 atom stereocenters. The van der Waals surface area contributed by atoms with Crippen molar-refractivity contribution >= 4 is 51.2 Å². The summed E-state index contributed by atoms with van der Waals surface area (Å²) in [5, 5.41) is 3.90. The van der Waals surface area contributed by atoms with Crippen molar-refractivity contribution in [3.8, 4) is 5.75 Å². The van der Waals surface area contributed by atoms with Crippen molar-refractivity contribution in [1.29, 1.82) is 0 Å². The maximum absolute atomic E-state index is 12.5. The minimum absolute atomic E-state index is 0.167. The number of rotatable bonds is 6. The Morgan fingerprint density at radius 2 is 2.19 bits per heavy atom. The lowest BCUT2D eigenvalue weighted by molar-refractivity contribution is -0.124. The van der Waals surface area contributed by atoms with Gasteiger partial charge in [-0.05, 0) is 71.2 Å². The molecule has 0 aliphatic heterocycles. The van der Waals surface area contributed by atoms with Gasteiger partial charge in [-0.3, -0.25) is 14.8 Å². The van der Waals surface area contributed by atoms with E-state index in [1.54, 1.807) is 12.4 Å². The van der Waals surface area contributed by atoms with Crippen LogP contribution in [0.5, 0.6) is 5.75 Å². The molecular formula is C19H18IN3O2S. The quantitative estimate of drug-likeness (QED) is 0.429. The standard InChI is InChI=1S/C19H18IN3O2S/c1-12-6-16(8-14-7-15(20)11-22-17(12)14)25-19(26-2)18(24)23-10-13-4-3-5-21-9-13/h3-9,11,19H,10H2,1-2H3,(H,23,24). The number of carbonyl (C=O) groups is 1. The second kappa shape index (κ2) is 8.68. The highest BCUT2D eigenvalue weighted by atomic mass is 127. The monoisotopic (exact) mass is 479 g/mol. The van der Waals surface area contributed by atoms with Gasteiger partial charge in [0.2, 0.25) is 5.44 Å². The van der Waals surface area contributed by atoms with Gasteiger partial charge in [0.05, 0.1) is 5.52 Å². The molecule has 134 valence electrons. The van der Waals surface area contributed by atoms with Gasteiger partial charge in [-0.1, -0.05) is 6.07 Å². The number of aromatic nitrogens is 2. The fourth-order valence-electron chi connectivity index (χ4n) is 2.55. The van der Waals surface area contributed by atoms with Crippen molar-refractivity contribution in [3.63, 3.8) is 0 Å². The molecule has 26 heavy (non-hydrogen) atoms. The van der Waals surface area contributed by atoms with Crippen LogP contribution in [0, 0.1) is 10.5 Å². The molecule has 3 rings (SSSR count). The average molecular weight is 479 g/mol. The Bertz CT molecular complexity index is 921. The van der Waals surface area contributed by atoms with Crippen LogP contribution in [-0.4, -0.2) is 27.6 Å². The number of hydrogen-bond donors (Lipinski definition) is 1. The Morgan fingerprint density at radius 1 is 1.35 bits per heavy atom. The van der Waals surface area contributed by atoms with E-state index in [0.717, 1.165) is 25.6 Å². The second-order valence-corrected chi connectivity index (χ2v) is 7.88. The molecule has 0 spiro atoms. The van der Waals surface area contributed by atoms with E-state index in [1.165, 1.54) is 11.8 Å². The molecule has 3 aromatic rings. The first-order valence-corrected chi connectivity index (χ1v) is 10.4. The van der Waals surface area contributed by atoms with Gasteiger partial charge in [-0.25, -0.2) is 0 Å². The number of hydrogen-bond acceptors (Lipinski definition) is 5. The molecule has 7 heteroatoms. The fraction of sp³-hybridized carbons (Fsp3) is 0.211. The molecule has 0 bridgehead atoms. The Morgan fingerprint density at radius 3 is 2.92 bits per heavy atom. The summed E-state index contributed by atoms with van der Waals surface area (Å²) in [7, 11) is 0. The predicted molar refractivity (Wildman–Crippen MR) is 113 cm³/mol. The first-order valence-electron chi connectivity index (χ1n) is 7.99. The number of pyridine rings is 2. The van der Waals surface area contributed by atoms with Crippen molar-refractivity contribution in [2.75, 3.05) is 6.26 Å². The number of fused-ring (bicyclic) bond motifs is 1. The van der Waals surface area contributed by atoms with Gasteiger partial charge in [0, 0.05) is 34.1 Å². The highest BCUT2D eigenvalue weighted by molar-refractivity contribution is 14.1. The van der Waals surface area contributed by atoms with Gasteiger partial charge in [0.15, 0.2) is 0 Å². The number of nitrogens with zero attached hydrogens (tertiary/aromatic N) is 2. The molecule has 1 amide bonds. The summed E-state index contributed by atoms with van der Waals surface area (Å²) in [5.74, 6) is 0.495. The molecule has 0 aliphatic rings. The smallest absolute Gasteiger partial charge is 0.272 e. The Labute approximate surface area is 170 Å². The van der Waals surface area contributed by atoms with Crippen LogP contribution in [0.1, 0.15) is 11.1 Å². The van der Waals surface area contributed by atoms with Gasteiger partial charge < -0.3 is 10.1 Å². The molecular weight excluding hydrogens is 461 g/mol. The summed E-state index contributed by atoms with van der Waals surface area (Å²) in [4.78, 5) is 21.0. The van der Waals surface area contributed by atoms with E-state index in [-0.39, 0.29) is 5.91 Å². The van der Waals surface area contributed by atoms with Crippen LogP contribution in [-0.2, 0) is 11.3 Å². The highest BCUT2D eigenvalue weighted by Crippen LogP contribution is 2.26. The molecule has 5 nitrogen and oxygen atoms in total. The summed E-state index contributed by atoms with van der Waals surface area (Å²) in [6.45, 7) is 2.41. The number of nitrogens with one attached hydrogen (secondary N) is 1. The van der Waals surface area contributed by atoms with Crippen molar-refractivity contribution in [1.82, 2.24) is 15.3 Å². The van der Waals surface area contributed by atoms with E-state index >= 15 is 0 Å². The van der Waals surface area contributed by atoms with E-state index in [9.17, 15) is 4.79 Å². The summed E-state index contributed by atoms with van der Waals surface area (Å²) in [5.41, 5.74) is 2.28. The lowest BCUT2D eigenvalue weighted by Gasteiger charge is -2.17. The largest absolute Gasteiger partial charge is 0.470 e. The number of halogens is 1. The van der Waals surface area contributed by atoms with E-state index in [1.807, 2.05) is 43.6 Å². The summed E-state index contributed by atoms with van der Waals surface area (Å²) in [6.07, 6.45) is 7.13.